The zero-order valence-corrected chi connectivity index (χ0v) is 16.4. The number of rotatable bonds is 3. The Morgan fingerprint density at radius 2 is 1.96 bits per heavy atom. The smallest absolute Gasteiger partial charge is 0.264 e. The molecule has 4 nitrogen and oxygen atoms in total. The molecule has 0 unspecified atom stereocenters. The lowest BCUT2D eigenvalue weighted by molar-refractivity contribution is -0.115. The molecular weight excluding hydrogens is 397 g/mol. The van der Waals surface area contributed by atoms with E-state index >= 15 is 0 Å². The number of amides is 1. The molecule has 4 rings (SSSR count). The molecule has 1 aliphatic heterocycles. The van der Waals surface area contributed by atoms with Crippen molar-refractivity contribution in [1.82, 2.24) is 9.88 Å². The zero-order valence-electron chi connectivity index (χ0n) is 14.8. The molecule has 1 saturated heterocycles. The second kappa shape index (κ2) is 7.66. The van der Waals surface area contributed by atoms with Crippen LogP contribution in [0, 0.1) is 12.7 Å². The number of carbonyl (C=O) groups is 1. The van der Waals surface area contributed by atoms with E-state index in [9.17, 15) is 9.18 Å². The van der Waals surface area contributed by atoms with Gasteiger partial charge < -0.3 is 9.88 Å². The van der Waals surface area contributed by atoms with Crippen LogP contribution in [-0.2, 0) is 4.79 Å². The average Bonchev–Trinajstić information content (AvgIpc) is 3.26. The largest absolute Gasteiger partial charge is 0.314 e. The molecule has 1 fully saturated rings. The van der Waals surface area contributed by atoms with E-state index in [0.29, 0.717) is 32.2 Å². The monoisotopic (exact) mass is 411 g/mol. The highest BCUT2D eigenvalue weighted by Crippen LogP contribution is 2.31. The van der Waals surface area contributed by atoms with Crippen LogP contribution in [-0.4, -0.2) is 15.6 Å². The van der Waals surface area contributed by atoms with Crippen molar-refractivity contribution in [2.45, 2.75) is 6.92 Å². The molecule has 3 aromatic rings. The maximum absolute atomic E-state index is 14.1. The van der Waals surface area contributed by atoms with Crippen LogP contribution in [0.1, 0.15) is 11.3 Å². The van der Waals surface area contributed by atoms with Gasteiger partial charge in [-0.25, -0.2) is 9.38 Å². The van der Waals surface area contributed by atoms with Crippen LogP contribution in [0.4, 0.5) is 10.1 Å². The van der Waals surface area contributed by atoms with Crippen LogP contribution in [0.5, 0.6) is 0 Å². The third-order valence-electron chi connectivity index (χ3n) is 4.28. The molecule has 0 bridgehead atoms. The molecule has 28 heavy (non-hydrogen) atoms. The van der Waals surface area contributed by atoms with Crippen molar-refractivity contribution in [3.05, 3.63) is 87.8 Å². The molecule has 0 saturated carbocycles. The molecule has 1 N–H and O–H groups in total. The number of nitrogens with one attached hydrogen (secondary N) is 1. The second-order valence-electron chi connectivity index (χ2n) is 6.12. The number of benzene rings is 2. The summed E-state index contributed by atoms with van der Waals surface area (Å²) in [7, 11) is 0. The minimum absolute atomic E-state index is 0.246. The molecular formula is C21H15ClFN3OS. The van der Waals surface area contributed by atoms with Gasteiger partial charge in [-0.05, 0) is 66.7 Å². The lowest BCUT2D eigenvalue weighted by Gasteiger charge is -2.07. The van der Waals surface area contributed by atoms with E-state index in [1.165, 1.54) is 17.8 Å². The van der Waals surface area contributed by atoms with Gasteiger partial charge in [-0.2, -0.15) is 0 Å². The first-order valence-corrected chi connectivity index (χ1v) is 9.69. The Kier molecular flexibility index (Phi) is 5.07. The van der Waals surface area contributed by atoms with E-state index in [4.69, 9.17) is 11.6 Å². The van der Waals surface area contributed by atoms with E-state index in [1.807, 2.05) is 25.1 Å². The predicted molar refractivity (Wildman–Crippen MR) is 113 cm³/mol. The summed E-state index contributed by atoms with van der Waals surface area (Å²) in [5.41, 5.74) is 2.66. The average molecular weight is 412 g/mol. The molecule has 140 valence electrons. The van der Waals surface area contributed by atoms with Crippen LogP contribution < -0.4 is 5.32 Å². The number of hydrogen-bond donors (Lipinski definition) is 1. The van der Waals surface area contributed by atoms with Crippen molar-refractivity contribution in [3.63, 3.8) is 0 Å². The fourth-order valence-electron chi connectivity index (χ4n) is 2.82. The highest BCUT2D eigenvalue weighted by molar-refractivity contribution is 8.18. The molecule has 0 aliphatic carbocycles. The first kappa shape index (κ1) is 18.5. The standard InChI is InChI=1S/C21H15ClFN3OS/c1-13-15(22)7-4-9-17(13)24-21-25-20(27)19(28-21)12-14-6-5-11-26(14)18-10-3-2-8-16(18)23/h2-12H,1H3,(H,24,25,27). The Hall–Kier alpha value is -2.83. The normalized spacial score (nSPS) is 16.8. The quantitative estimate of drug-likeness (QED) is 0.581. The van der Waals surface area contributed by atoms with E-state index in [1.54, 1.807) is 47.2 Å². The van der Waals surface area contributed by atoms with E-state index in [-0.39, 0.29) is 11.7 Å². The van der Waals surface area contributed by atoms with Crippen molar-refractivity contribution in [2.75, 3.05) is 0 Å². The fourth-order valence-corrected chi connectivity index (χ4v) is 3.81. The molecule has 2 heterocycles. The van der Waals surface area contributed by atoms with Crippen molar-refractivity contribution in [2.24, 2.45) is 4.99 Å². The topological polar surface area (TPSA) is 46.4 Å². The van der Waals surface area contributed by atoms with Gasteiger partial charge in [-0.3, -0.25) is 4.79 Å². The van der Waals surface area contributed by atoms with Gasteiger partial charge in [0.2, 0.25) is 0 Å². The maximum Gasteiger partial charge on any atom is 0.264 e. The molecule has 0 radical (unpaired) electrons. The summed E-state index contributed by atoms with van der Waals surface area (Å²) in [6.07, 6.45) is 3.48. The van der Waals surface area contributed by atoms with Gasteiger partial charge in [0.05, 0.1) is 16.3 Å². The minimum Gasteiger partial charge on any atom is -0.314 e. The first-order chi connectivity index (χ1) is 13.5. The van der Waals surface area contributed by atoms with Crippen molar-refractivity contribution >= 4 is 46.2 Å². The second-order valence-corrected chi connectivity index (χ2v) is 7.56. The maximum atomic E-state index is 14.1. The van der Waals surface area contributed by atoms with Crippen LogP contribution >= 0.6 is 23.4 Å². The van der Waals surface area contributed by atoms with Crippen molar-refractivity contribution < 1.29 is 9.18 Å². The Morgan fingerprint density at radius 1 is 1.14 bits per heavy atom. The number of carbonyl (C=O) groups excluding carboxylic acids is 1. The van der Waals surface area contributed by atoms with Crippen LogP contribution in [0.2, 0.25) is 5.02 Å². The summed E-state index contributed by atoms with van der Waals surface area (Å²) in [6, 6.07) is 15.6. The number of para-hydroxylation sites is 1. The van der Waals surface area contributed by atoms with Gasteiger partial charge >= 0.3 is 0 Å². The third-order valence-corrected chi connectivity index (χ3v) is 5.60. The number of aromatic nitrogens is 1. The highest BCUT2D eigenvalue weighted by Gasteiger charge is 2.24. The SMILES string of the molecule is Cc1c(Cl)cccc1N=C1NC(=O)C(=Cc2cccn2-c2ccccc2F)S1. The number of hydrogen-bond acceptors (Lipinski definition) is 3. The lowest BCUT2D eigenvalue weighted by atomic mass is 10.2. The Labute approximate surface area is 170 Å². The number of amidine groups is 1. The number of nitrogens with zero attached hydrogens (tertiary/aromatic N) is 2. The molecule has 7 heteroatoms. The summed E-state index contributed by atoms with van der Waals surface area (Å²) >= 11 is 7.37. The Bertz CT molecular complexity index is 1140. The molecule has 1 amide bonds. The summed E-state index contributed by atoms with van der Waals surface area (Å²) in [5.74, 6) is -0.578. The summed E-state index contributed by atoms with van der Waals surface area (Å²) < 4.78 is 15.8. The molecule has 2 aromatic carbocycles. The number of thioether (sulfide) groups is 1. The Balaban J connectivity index is 1.65. The Morgan fingerprint density at radius 3 is 2.79 bits per heavy atom. The highest BCUT2D eigenvalue weighted by atomic mass is 35.5. The lowest BCUT2D eigenvalue weighted by Crippen LogP contribution is -2.19. The number of halogens is 2. The predicted octanol–water partition coefficient (Wildman–Crippen LogP) is 5.47. The summed E-state index contributed by atoms with van der Waals surface area (Å²) in [5, 5.41) is 3.86. The third kappa shape index (κ3) is 3.61. The van der Waals surface area contributed by atoms with E-state index in [0.717, 1.165) is 5.56 Å². The van der Waals surface area contributed by atoms with Gasteiger partial charge in [-0.1, -0.05) is 29.8 Å². The molecule has 0 atom stereocenters. The van der Waals surface area contributed by atoms with Crippen molar-refractivity contribution in [3.8, 4) is 5.69 Å². The molecule has 1 aliphatic rings. The van der Waals surface area contributed by atoms with E-state index < -0.39 is 0 Å². The van der Waals surface area contributed by atoms with Crippen LogP contribution in [0.3, 0.4) is 0 Å². The molecule has 1 aromatic heterocycles. The minimum atomic E-state index is -0.333. The van der Waals surface area contributed by atoms with Gasteiger partial charge in [0.25, 0.3) is 5.91 Å². The summed E-state index contributed by atoms with van der Waals surface area (Å²) in [4.78, 5) is 17.4. The zero-order chi connectivity index (χ0) is 19.7. The fraction of sp³-hybridized carbons (Fsp3) is 0.0476. The molecule has 0 spiro atoms. The first-order valence-electron chi connectivity index (χ1n) is 8.50. The van der Waals surface area contributed by atoms with E-state index in [2.05, 4.69) is 10.3 Å². The number of aliphatic imine (C=N–C) groups is 1. The van der Waals surface area contributed by atoms with Gasteiger partial charge in [0, 0.05) is 16.9 Å². The van der Waals surface area contributed by atoms with Crippen LogP contribution in [0.25, 0.3) is 11.8 Å². The van der Waals surface area contributed by atoms with Gasteiger partial charge in [-0.15, -0.1) is 0 Å². The van der Waals surface area contributed by atoms with Crippen LogP contribution in [0.15, 0.2) is 70.7 Å². The van der Waals surface area contributed by atoms with Crippen molar-refractivity contribution in [1.29, 1.82) is 0 Å². The van der Waals surface area contributed by atoms with Gasteiger partial charge in [0.1, 0.15) is 5.82 Å². The summed E-state index contributed by atoms with van der Waals surface area (Å²) in [6.45, 7) is 1.88. The van der Waals surface area contributed by atoms with Gasteiger partial charge in [0.15, 0.2) is 5.17 Å².